The minimum absolute atomic E-state index is 0.00235. The Morgan fingerprint density at radius 2 is 1.81 bits per heavy atom. The number of hydrogen-bond acceptors (Lipinski definition) is 2. The molecule has 2 N–H and O–H groups in total. The standard InChI is InChI=1S/C21H16FN3O/c1-13-10-11-18-19(12-13)24-20(23-18)15-7-3-5-9-17(15)25-21(26)14-6-2-4-8-16(14)22/h2-12H,1H3,(H,23,24)(H,25,26). The fraction of sp³-hybridized carbons (Fsp3) is 0.0476. The summed E-state index contributed by atoms with van der Waals surface area (Å²) in [5, 5.41) is 2.78. The van der Waals surface area contributed by atoms with Crippen molar-refractivity contribution in [1.29, 1.82) is 0 Å². The number of H-pyrrole nitrogens is 1. The summed E-state index contributed by atoms with van der Waals surface area (Å²) in [5.74, 6) is -0.403. The molecule has 0 saturated carbocycles. The smallest absolute Gasteiger partial charge is 0.258 e. The van der Waals surface area contributed by atoms with Crippen LogP contribution in [0.4, 0.5) is 10.1 Å². The van der Waals surface area contributed by atoms with Crippen molar-refractivity contribution in [2.45, 2.75) is 6.92 Å². The van der Waals surface area contributed by atoms with E-state index in [9.17, 15) is 9.18 Å². The number of halogens is 1. The summed E-state index contributed by atoms with van der Waals surface area (Å²) < 4.78 is 13.9. The number of rotatable bonds is 3. The average Bonchev–Trinajstić information content (AvgIpc) is 3.05. The van der Waals surface area contributed by atoms with Crippen LogP contribution in [0.15, 0.2) is 66.7 Å². The van der Waals surface area contributed by atoms with Crippen molar-refractivity contribution in [2.75, 3.05) is 5.32 Å². The number of imidazole rings is 1. The number of para-hydroxylation sites is 1. The number of carbonyl (C=O) groups excluding carboxylic acids is 1. The molecule has 4 aromatic rings. The minimum atomic E-state index is -0.554. The Hall–Kier alpha value is -3.47. The second-order valence-corrected chi connectivity index (χ2v) is 6.09. The van der Waals surface area contributed by atoms with Crippen molar-refractivity contribution in [1.82, 2.24) is 9.97 Å². The number of anilines is 1. The molecule has 0 spiro atoms. The normalized spacial score (nSPS) is 10.8. The summed E-state index contributed by atoms with van der Waals surface area (Å²) in [4.78, 5) is 20.3. The lowest BCUT2D eigenvalue weighted by Crippen LogP contribution is -2.14. The van der Waals surface area contributed by atoms with Gasteiger partial charge >= 0.3 is 0 Å². The molecule has 0 aliphatic heterocycles. The number of nitrogens with zero attached hydrogens (tertiary/aromatic N) is 1. The molecule has 0 bridgehead atoms. The van der Waals surface area contributed by atoms with Gasteiger partial charge in [0, 0.05) is 5.56 Å². The third kappa shape index (κ3) is 2.95. The zero-order valence-electron chi connectivity index (χ0n) is 14.1. The topological polar surface area (TPSA) is 57.8 Å². The molecule has 0 aliphatic rings. The summed E-state index contributed by atoms with van der Waals surface area (Å²) in [6, 6.07) is 19.2. The molecule has 0 atom stereocenters. The van der Waals surface area contributed by atoms with Crippen LogP contribution in [0.25, 0.3) is 22.4 Å². The molecule has 0 fully saturated rings. The van der Waals surface area contributed by atoms with E-state index in [-0.39, 0.29) is 5.56 Å². The Balaban J connectivity index is 1.72. The maximum Gasteiger partial charge on any atom is 0.258 e. The van der Waals surface area contributed by atoms with Crippen LogP contribution >= 0.6 is 0 Å². The van der Waals surface area contributed by atoms with Crippen LogP contribution in [-0.2, 0) is 0 Å². The molecule has 0 unspecified atom stereocenters. The van der Waals surface area contributed by atoms with Gasteiger partial charge in [0.15, 0.2) is 0 Å². The summed E-state index contributed by atoms with van der Waals surface area (Å²) in [5.41, 5.74) is 4.22. The van der Waals surface area contributed by atoms with Crippen LogP contribution in [0.1, 0.15) is 15.9 Å². The molecule has 4 nitrogen and oxygen atoms in total. The van der Waals surface area contributed by atoms with Crippen LogP contribution < -0.4 is 5.32 Å². The Kier molecular flexibility index (Phi) is 3.97. The predicted molar refractivity (Wildman–Crippen MR) is 101 cm³/mol. The zero-order chi connectivity index (χ0) is 18.1. The quantitative estimate of drug-likeness (QED) is 0.553. The van der Waals surface area contributed by atoms with Crippen LogP contribution in [0.3, 0.4) is 0 Å². The van der Waals surface area contributed by atoms with Gasteiger partial charge in [-0.25, -0.2) is 9.37 Å². The summed E-state index contributed by atoms with van der Waals surface area (Å²) in [7, 11) is 0. The van der Waals surface area contributed by atoms with Crippen molar-refractivity contribution in [2.24, 2.45) is 0 Å². The van der Waals surface area contributed by atoms with Crippen molar-refractivity contribution >= 4 is 22.6 Å². The van der Waals surface area contributed by atoms with E-state index in [0.717, 1.165) is 22.2 Å². The van der Waals surface area contributed by atoms with E-state index in [1.165, 1.54) is 12.1 Å². The van der Waals surface area contributed by atoms with Crippen LogP contribution in [0, 0.1) is 12.7 Å². The van der Waals surface area contributed by atoms with Crippen LogP contribution in [-0.4, -0.2) is 15.9 Å². The van der Waals surface area contributed by atoms with Gasteiger partial charge in [-0.2, -0.15) is 0 Å². The molecular formula is C21H16FN3O. The average molecular weight is 345 g/mol. The fourth-order valence-corrected chi connectivity index (χ4v) is 2.88. The highest BCUT2D eigenvalue weighted by Crippen LogP contribution is 2.28. The number of benzene rings is 3. The van der Waals surface area contributed by atoms with Crippen molar-refractivity contribution < 1.29 is 9.18 Å². The lowest BCUT2D eigenvalue weighted by Gasteiger charge is -2.10. The highest BCUT2D eigenvalue weighted by molar-refractivity contribution is 6.06. The van der Waals surface area contributed by atoms with Crippen LogP contribution in [0.5, 0.6) is 0 Å². The summed E-state index contributed by atoms with van der Waals surface area (Å²) in [6.45, 7) is 2.02. The van der Waals surface area contributed by atoms with E-state index in [1.54, 1.807) is 18.2 Å². The molecule has 0 saturated heterocycles. The Bertz CT molecular complexity index is 1120. The Morgan fingerprint density at radius 3 is 2.65 bits per heavy atom. The molecule has 26 heavy (non-hydrogen) atoms. The van der Waals surface area contributed by atoms with Gasteiger partial charge in [-0.05, 0) is 48.9 Å². The number of nitrogens with one attached hydrogen (secondary N) is 2. The summed E-state index contributed by atoms with van der Waals surface area (Å²) >= 11 is 0. The first-order chi connectivity index (χ1) is 12.6. The number of carbonyl (C=O) groups is 1. The molecular weight excluding hydrogens is 329 g/mol. The maximum atomic E-state index is 13.9. The van der Waals surface area contributed by atoms with Crippen molar-refractivity contribution in [3.05, 3.63) is 83.7 Å². The number of aromatic amines is 1. The van der Waals surface area contributed by atoms with E-state index in [4.69, 9.17) is 0 Å². The zero-order valence-corrected chi connectivity index (χ0v) is 14.1. The molecule has 0 radical (unpaired) electrons. The predicted octanol–water partition coefficient (Wildman–Crippen LogP) is 4.93. The number of aryl methyl sites for hydroxylation is 1. The number of hydrogen-bond donors (Lipinski definition) is 2. The highest BCUT2D eigenvalue weighted by atomic mass is 19.1. The molecule has 128 valence electrons. The highest BCUT2D eigenvalue weighted by Gasteiger charge is 2.15. The molecule has 4 rings (SSSR count). The number of fused-ring (bicyclic) bond motifs is 1. The maximum absolute atomic E-state index is 13.9. The lowest BCUT2D eigenvalue weighted by atomic mass is 10.1. The van der Waals surface area contributed by atoms with Gasteiger partial charge in [0.2, 0.25) is 0 Å². The second-order valence-electron chi connectivity index (χ2n) is 6.09. The van der Waals surface area contributed by atoms with Gasteiger partial charge < -0.3 is 10.3 Å². The fourth-order valence-electron chi connectivity index (χ4n) is 2.88. The van der Waals surface area contributed by atoms with E-state index in [1.807, 2.05) is 43.3 Å². The first-order valence-electron chi connectivity index (χ1n) is 8.23. The Morgan fingerprint density at radius 1 is 1.04 bits per heavy atom. The third-order valence-electron chi connectivity index (χ3n) is 4.19. The molecule has 5 heteroatoms. The second kappa shape index (κ2) is 6.44. The van der Waals surface area contributed by atoms with E-state index >= 15 is 0 Å². The number of amides is 1. The lowest BCUT2D eigenvalue weighted by molar-refractivity contribution is 0.102. The molecule has 3 aromatic carbocycles. The molecule has 1 aromatic heterocycles. The molecule has 1 heterocycles. The van der Waals surface area contributed by atoms with Gasteiger partial charge in [-0.3, -0.25) is 4.79 Å². The first-order valence-corrected chi connectivity index (χ1v) is 8.23. The van der Waals surface area contributed by atoms with E-state index in [2.05, 4.69) is 15.3 Å². The largest absolute Gasteiger partial charge is 0.338 e. The third-order valence-corrected chi connectivity index (χ3v) is 4.19. The van der Waals surface area contributed by atoms with Gasteiger partial charge in [0.25, 0.3) is 5.91 Å². The van der Waals surface area contributed by atoms with Gasteiger partial charge in [-0.15, -0.1) is 0 Å². The van der Waals surface area contributed by atoms with Crippen LogP contribution in [0.2, 0.25) is 0 Å². The monoisotopic (exact) mass is 345 g/mol. The minimum Gasteiger partial charge on any atom is -0.338 e. The first kappa shape index (κ1) is 16.0. The van der Waals surface area contributed by atoms with Crippen molar-refractivity contribution in [3.63, 3.8) is 0 Å². The van der Waals surface area contributed by atoms with Gasteiger partial charge in [-0.1, -0.05) is 30.3 Å². The van der Waals surface area contributed by atoms with Crippen molar-refractivity contribution in [3.8, 4) is 11.4 Å². The van der Waals surface area contributed by atoms with Gasteiger partial charge in [0.1, 0.15) is 11.6 Å². The Labute approximate surface area is 149 Å². The SMILES string of the molecule is Cc1ccc2nc(-c3ccccc3NC(=O)c3ccccc3F)[nH]c2c1. The van der Waals surface area contributed by atoms with E-state index in [0.29, 0.717) is 11.5 Å². The van der Waals surface area contributed by atoms with Gasteiger partial charge in [0.05, 0.1) is 22.3 Å². The van der Waals surface area contributed by atoms with E-state index < -0.39 is 11.7 Å². The molecule has 1 amide bonds. The summed E-state index contributed by atoms with van der Waals surface area (Å²) in [6.07, 6.45) is 0. The molecule has 0 aliphatic carbocycles. The number of aromatic nitrogens is 2.